The molecule has 0 bridgehead atoms. The maximum absolute atomic E-state index is 5.86. The summed E-state index contributed by atoms with van der Waals surface area (Å²) in [5.41, 5.74) is 3.08. The Morgan fingerprint density at radius 3 is 2.79 bits per heavy atom. The molecule has 0 spiro atoms. The van der Waals surface area contributed by atoms with E-state index in [1.807, 2.05) is 37.3 Å². The molecule has 0 saturated heterocycles. The number of H-pyrrole nitrogens is 1. The highest BCUT2D eigenvalue weighted by atomic mass is 35.5. The molecule has 0 unspecified atom stereocenters. The standard InChI is InChI=1S/C14H13ClN4/c1-9-6-12-13(17-8-18-14(12)19-9)16-7-10-2-4-11(15)5-3-10/h2-6,8H,7H2,1H3,(H2,16,17,18,19). The minimum atomic E-state index is 0.702. The number of aromatic nitrogens is 3. The number of nitrogens with zero attached hydrogens (tertiary/aromatic N) is 2. The van der Waals surface area contributed by atoms with Gasteiger partial charge in [-0.2, -0.15) is 0 Å². The first-order chi connectivity index (χ1) is 9.22. The van der Waals surface area contributed by atoms with Crippen LogP contribution in [0.1, 0.15) is 11.3 Å². The summed E-state index contributed by atoms with van der Waals surface area (Å²) >= 11 is 5.86. The van der Waals surface area contributed by atoms with Crippen molar-refractivity contribution in [3.8, 4) is 0 Å². The number of anilines is 1. The van der Waals surface area contributed by atoms with E-state index < -0.39 is 0 Å². The Bertz CT molecular complexity index is 703. The van der Waals surface area contributed by atoms with Crippen LogP contribution < -0.4 is 5.32 Å². The van der Waals surface area contributed by atoms with E-state index in [1.54, 1.807) is 6.33 Å². The average Bonchev–Trinajstić information content (AvgIpc) is 2.79. The molecular formula is C14H13ClN4. The largest absolute Gasteiger partial charge is 0.365 e. The van der Waals surface area contributed by atoms with Crippen LogP contribution in [0, 0.1) is 6.92 Å². The highest BCUT2D eigenvalue weighted by Crippen LogP contribution is 2.20. The molecule has 3 aromatic rings. The number of halogens is 1. The molecule has 2 heterocycles. The first-order valence-electron chi connectivity index (χ1n) is 6.01. The maximum atomic E-state index is 5.86. The molecule has 19 heavy (non-hydrogen) atoms. The molecule has 1 aromatic carbocycles. The molecule has 3 rings (SSSR count). The van der Waals surface area contributed by atoms with Crippen LogP contribution in [0.5, 0.6) is 0 Å². The summed E-state index contributed by atoms with van der Waals surface area (Å²) in [4.78, 5) is 11.7. The second-order valence-electron chi connectivity index (χ2n) is 4.42. The van der Waals surface area contributed by atoms with Crippen molar-refractivity contribution in [2.45, 2.75) is 13.5 Å². The lowest BCUT2D eigenvalue weighted by Gasteiger charge is -2.06. The third-order valence-electron chi connectivity index (χ3n) is 2.93. The van der Waals surface area contributed by atoms with E-state index in [0.29, 0.717) is 6.54 Å². The molecule has 0 aliphatic heterocycles. The normalized spacial score (nSPS) is 10.8. The number of aryl methyl sites for hydroxylation is 1. The maximum Gasteiger partial charge on any atom is 0.143 e. The predicted molar refractivity (Wildman–Crippen MR) is 77.4 cm³/mol. The van der Waals surface area contributed by atoms with Crippen molar-refractivity contribution >= 4 is 28.5 Å². The Hall–Kier alpha value is -2.07. The summed E-state index contributed by atoms with van der Waals surface area (Å²) in [5.74, 6) is 0.837. The highest BCUT2D eigenvalue weighted by Gasteiger charge is 2.05. The Labute approximate surface area is 115 Å². The molecule has 0 aliphatic carbocycles. The van der Waals surface area contributed by atoms with E-state index >= 15 is 0 Å². The SMILES string of the molecule is Cc1cc2c(NCc3ccc(Cl)cc3)ncnc2[nH]1. The van der Waals surface area contributed by atoms with Crippen LogP contribution in [0.25, 0.3) is 11.0 Å². The first-order valence-corrected chi connectivity index (χ1v) is 6.39. The molecule has 0 amide bonds. The quantitative estimate of drug-likeness (QED) is 0.767. The van der Waals surface area contributed by atoms with Gasteiger partial charge in [0, 0.05) is 17.3 Å². The van der Waals surface area contributed by atoms with Gasteiger partial charge in [-0.05, 0) is 30.7 Å². The van der Waals surface area contributed by atoms with Crippen LogP contribution in [0.3, 0.4) is 0 Å². The van der Waals surface area contributed by atoms with E-state index in [9.17, 15) is 0 Å². The zero-order chi connectivity index (χ0) is 13.2. The summed E-state index contributed by atoms with van der Waals surface area (Å²) < 4.78 is 0. The van der Waals surface area contributed by atoms with E-state index in [2.05, 4.69) is 20.3 Å². The molecule has 96 valence electrons. The van der Waals surface area contributed by atoms with Gasteiger partial charge >= 0.3 is 0 Å². The number of fused-ring (bicyclic) bond motifs is 1. The molecule has 0 saturated carbocycles. The van der Waals surface area contributed by atoms with Crippen LogP contribution in [-0.2, 0) is 6.54 Å². The van der Waals surface area contributed by atoms with Crippen molar-refractivity contribution in [3.63, 3.8) is 0 Å². The average molecular weight is 273 g/mol. The van der Waals surface area contributed by atoms with Crippen LogP contribution >= 0.6 is 11.6 Å². The summed E-state index contributed by atoms with van der Waals surface area (Å²) in [6.07, 6.45) is 1.56. The fraction of sp³-hybridized carbons (Fsp3) is 0.143. The molecule has 4 nitrogen and oxygen atoms in total. The number of rotatable bonds is 3. The Morgan fingerprint density at radius 2 is 2.00 bits per heavy atom. The third-order valence-corrected chi connectivity index (χ3v) is 3.19. The lowest BCUT2D eigenvalue weighted by molar-refractivity contribution is 1.10. The second kappa shape index (κ2) is 4.90. The number of benzene rings is 1. The minimum Gasteiger partial charge on any atom is -0.365 e. The number of aromatic amines is 1. The van der Waals surface area contributed by atoms with Gasteiger partial charge in [0.25, 0.3) is 0 Å². The highest BCUT2D eigenvalue weighted by molar-refractivity contribution is 6.30. The molecule has 2 aromatic heterocycles. The smallest absolute Gasteiger partial charge is 0.143 e. The van der Waals surface area contributed by atoms with Crippen molar-refractivity contribution in [3.05, 3.63) is 52.9 Å². The van der Waals surface area contributed by atoms with Crippen molar-refractivity contribution in [2.75, 3.05) is 5.32 Å². The van der Waals surface area contributed by atoms with Crippen molar-refractivity contribution < 1.29 is 0 Å². The number of nitrogens with one attached hydrogen (secondary N) is 2. The third kappa shape index (κ3) is 2.53. The number of hydrogen-bond acceptors (Lipinski definition) is 3. The zero-order valence-corrected chi connectivity index (χ0v) is 11.2. The van der Waals surface area contributed by atoms with Gasteiger partial charge in [-0.3, -0.25) is 0 Å². The van der Waals surface area contributed by atoms with Crippen LogP contribution in [0.4, 0.5) is 5.82 Å². The predicted octanol–water partition coefficient (Wildman–Crippen LogP) is 3.53. The molecular weight excluding hydrogens is 260 g/mol. The number of hydrogen-bond donors (Lipinski definition) is 2. The lowest BCUT2D eigenvalue weighted by Crippen LogP contribution is -2.01. The van der Waals surface area contributed by atoms with Crippen LogP contribution in [0.15, 0.2) is 36.7 Å². The van der Waals surface area contributed by atoms with Crippen molar-refractivity contribution in [1.29, 1.82) is 0 Å². The monoisotopic (exact) mass is 272 g/mol. The van der Waals surface area contributed by atoms with Gasteiger partial charge < -0.3 is 10.3 Å². The van der Waals surface area contributed by atoms with E-state index in [-0.39, 0.29) is 0 Å². The molecule has 0 fully saturated rings. The molecule has 5 heteroatoms. The summed E-state index contributed by atoms with van der Waals surface area (Å²) in [6, 6.07) is 9.80. The Kier molecular flexibility index (Phi) is 3.09. The molecule has 0 radical (unpaired) electrons. The summed E-state index contributed by atoms with van der Waals surface area (Å²) in [6.45, 7) is 2.71. The van der Waals surface area contributed by atoms with Gasteiger partial charge in [-0.25, -0.2) is 9.97 Å². The van der Waals surface area contributed by atoms with E-state index in [1.165, 1.54) is 0 Å². The minimum absolute atomic E-state index is 0.702. The zero-order valence-electron chi connectivity index (χ0n) is 10.4. The van der Waals surface area contributed by atoms with E-state index in [0.717, 1.165) is 33.1 Å². The van der Waals surface area contributed by atoms with Gasteiger partial charge in [0.05, 0.1) is 5.39 Å². The fourth-order valence-electron chi connectivity index (χ4n) is 2.00. The summed E-state index contributed by atoms with van der Waals surface area (Å²) in [7, 11) is 0. The van der Waals surface area contributed by atoms with E-state index in [4.69, 9.17) is 11.6 Å². The summed E-state index contributed by atoms with van der Waals surface area (Å²) in [5, 5.41) is 5.08. The topological polar surface area (TPSA) is 53.6 Å². The molecule has 0 atom stereocenters. The molecule has 0 aliphatic rings. The molecule has 2 N–H and O–H groups in total. The van der Waals surface area contributed by atoms with Gasteiger partial charge in [-0.1, -0.05) is 23.7 Å². The Balaban J connectivity index is 1.83. The second-order valence-corrected chi connectivity index (χ2v) is 4.85. The fourth-order valence-corrected chi connectivity index (χ4v) is 2.13. The van der Waals surface area contributed by atoms with Crippen LogP contribution in [0.2, 0.25) is 5.02 Å². The lowest BCUT2D eigenvalue weighted by atomic mass is 10.2. The first kappa shape index (κ1) is 12.0. The van der Waals surface area contributed by atoms with Gasteiger partial charge in [0.1, 0.15) is 17.8 Å². The van der Waals surface area contributed by atoms with Crippen molar-refractivity contribution in [1.82, 2.24) is 15.0 Å². The van der Waals surface area contributed by atoms with Gasteiger partial charge in [0.2, 0.25) is 0 Å². The van der Waals surface area contributed by atoms with Gasteiger partial charge in [-0.15, -0.1) is 0 Å². The van der Waals surface area contributed by atoms with Crippen LogP contribution in [-0.4, -0.2) is 15.0 Å². The van der Waals surface area contributed by atoms with Crippen molar-refractivity contribution in [2.24, 2.45) is 0 Å². The Morgan fingerprint density at radius 1 is 1.21 bits per heavy atom. The van der Waals surface area contributed by atoms with Gasteiger partial charge in [0.15, 0.2) is 0 Å².